The lowest BCUT2D eigenvalue weighted by molar-refractivity contribution is 0.590. The number of alkyl halides is 1. The summed E-state index contributed by atoms with van der Waals surface area (Å²) in [5, 5.41) is 0. The zero-order valence-corrected chi connectivity index (χ0v) is 14.9. The molecule has 106 valence electrons. The number of halogens is 3. The van der Waals surface area contributed by atoms with Crippen LogP contribution in [-0.4, -0.2) is 0 Å². The van der Waals surface area contributed by atoms with Crippen LogP contribution in [0.1, 0.15) is 42.3 Å². The Balaban J connectivity index is 2.31. The first-order valence-corrected chi connectivity index (χ1v) is 8.19. The van der Waals surface area contributed by atoms with Gasteiger partial charge < -0.3 is 0 Å². The summed E-state index contributed by atoms with van der Waals surface area (Å²) in [6.45, 7) is 6.60. The summed E-state index contributed by atoms with van der Waals surface area (Å²) in [6, 6.07) is 13.3. The van der Waals surface area contributed by atoms with Gasteiger partial charge in [0.25, 0.3) is 0 Å². The van der Waals surface area contributed by atoms with Crippen molar-refractivity contribution in [1.29, 1.82) is 0 Å². The van der Waals surface area contributed by atoms with E-state index >= 15 is 0 Å². The van der Waals surface area contributed by atoms with Crippen LogP contribution in [0.4, 0.5) is 4.39 Å². The molecular weight excluding hydrogens is 383 g/mol. The van der Waals surface area contributed by atoms with Crippen LogP contribution in [0.2, 0.25) is 0 Å². The van der Waals surface area contributed by atoms with Crippen LogP contribution < -0.4 is 0 Å². The van der Waals surface area contributed by atoms with Crippen LogP contribution in [0, 0.1) is 5.82 Å². The maximum absolute atomic E-state index is 13.2. The minimum atomic E-state index is -0.233. The molecule has 0 aromatic heterocycles. The van der Waals surface area contributed by atoms with Crippen molar-refractivity contribution in [1.82, 2.24) is 0 Å². The molecule has 0 aliphatic rings. The van der Waals surface area contributed by atoms with Gasteiger partial charge in [0.15, 0.2) is 0 Å². The largest absolute Gasteiger partial charge is 0.207 e. The fraction of sp³-hybridized carbons (Fsp3) is 0.294. The topological polar surface area (TPSA) is 0 Å². The van der Waals surface area contributed by atoms with Crippen molar-refractivity contribution < 1.29 is 4.39 Å². The summed E-state index contributed by atoms with van der Waals surface area (Å²) in [6.07, 6.45) is 0. The van der Waals surface area contributed by atoms with Crippen molar-refractivity contribution in [2.45, 2.75) is 31.0 Å². The molecule has 0 radical (unpaired) electrons. The van der Waals surface area contributed by atoms with Crippen LogP contribution in [0.25, 0.3) is 0 Å². The Kier molecular flexibility index (Phi) is 4.70. The van der Waals surface area contributed by atoms with Crippen molar-refractivity contribution in [2.75, 3.05) is 0 Å². The van der Waals surface area contributed by atoms with Crippen LogP contribution in [-0.2, 0) is 5.41 Å². The van der Waals surface area contributed by atoms with E-state index in [2.05, 4.69) is 76.9 Å². The van der Waals surface area contributed by atoms with Gasteiger partial charge in [-0.05, 0) is 34.2 Å². The molecule has 0 aliphatic heterocycles. The standard InChI is InChI=1S/C17H17Br2F/c1-17(2,3)12-6-4-11(5-7-12)16(19)14-9-8-13(20)10-15(14)18/h4-10,16H,1-3H3. The van der Waals surface area contributed by atoms with E-state index in [-0.39, 0.29) is 16.1 Å². The average molecular weight is 400 g/mol. The van der Waals surface area contributed by atoms with E-state index in [1.54, 1.807) is 6.07 Å². The summed E-state index contributed by atoms with van der Waals surface area (Å²) in [5.41, 5.74) is 3.64. The maximum Gasteiger partial charge on any atom is 0.124 e. The second-order valence-corrected chi connectivity index (χ2v) is 7.67. The van der Waals surface area contributed by atoms with Crippen molar-refractivity contribution >= 4 is 31.9 Å². The normalized spacial score (nSPS) is 13.3. The summed E-state index contributed by atoms with van der Waals surface area (Å²) in [5.74, 6) is -0.233. The monoisotopic (exact) mass is 398 g/mol. The van der Waals surface area contributed by atoms with E-state index in [4.69, 9.17) is 0 Å². The molecule has 1 unspecified atom stereocenters. The van der Waals surface area contributed by atoms with Crippen molar-refractivity contribution in [3.8, 4) is 0 Å². The molecule has 0 saturated heterocycles. The van der Waals surface area contributed by atoms with Gasteiger partial charge in [0, 0.05) is 4.47 Å². The molecule has 0 fully saturated rings. The minimum Gasteiger partial charge on any atom is -0.207 e. The molecule has 0 spiro atoms. The average Bonchev–Trinajstić information content (AvgIpc) is 2.37. The Morgan fingerprint density at radius 1 is 1.00 bits per heavy atom. The van der Waals surface area contributed by atoms with Gasteiger partial charge in [-0.25, -0.2) is 4.39 Å². The lowest BCUT2D eigenvalue weighted by atomic mass is 9.86. The first-order chi connectivity index (χ1) is 9.29. The fourth-order valence-electron chi connectivity index (χ4n) is 2.04. The Hall–Kier alpha value is -0.670. The SMILES string of the molecule is CC(C)(C)c1ccc(C(Br)c2ccc(F)cc2Br)cc1. The van der Waals surface area contributed by atoms with Gasteiger partial charge in [0.2, 0.25) is 0 Å². The molecule has 0 heterocycles. The molecule has 0 amide bonds. The second kappa shape index (κ2) is 5.98. The molecule has 0 N–H and O–H groups in total. The molecule has 1 atom stereocenters. The number of hydrogen-bond acceptors (Lipinski definition) is 0. The molecule has 2 rings (SSSR count). The highest BCUT2D eigenvalue weighted by atomic mass is 79.9. The lowest BCUT2D eigenvalue weighted by Crippen LogP contribution is -2.10. The van der Waals surface area contributed by atoms with Crippen molar-refractivity contribution in [3.63, 3.8) is 0 Å². The fourth-order valence-corrected chi connectivity index (χ4v) is 3.63. The summed E-state index contributed by atoms with van der Waals surface area (Å²) in [4.78, 5) is 0.0477. The molecule has 0 nitrogen and oxygen atoms in total. The van der Waals surface area contributed by atoms with E-state index < -0.39 is 0 Å². The van der Waals surface area contributed by atoms with E-state index in [1.807, 2.05) is 0 Å². The van der Waals surface area contributed by atoms with E-state index in [0.29, 0.717) is 0 Å². The smallest absolute Gasteiger partial charge is 0.124 e. The highest BCUT2D eigenvalue weighted by Gasteiger charge is 2.17. The van der Waals surface area contributed by atoms with Crippen molar-refractivity contribution in [2.24, 2.45) is 0 Å². The Morgan fingerprint density at radius 2 is 1.60 bits per heavy atom. The van der Waals surface area contributed by atoms with Crippen LogP contribution >= 0.6 is 31.9 Å². The summed E-state index contributed by atoms with van der Waals surface area (Å²) >= 11 is 7.11. The summed E-state index contributed by atoms with van der Waals surface area (Å²) < 4.78 is 13.9. The quantitative estimate of drug-likeness (QED) is 0.514. The molecule has 2 aromatic rings. The summed E-state index contributed by atoms with van der Waals surface area (Å²) in [7, 11) is 0. The first kappa shape index (κ1) is 15.7. The van der Waals surface area contributed by atoms with Gasteiger partial charge in [0.1, 0.15) is 5.82 Å². The van der Waals surface area contributed by atoms with Gasteiger partial charge in [-0.1, -0.05) is 83.0 Å². The first-order valence-electron chi connectivity index (χ1n) is 6.48. The number of benzene rings is 2. The van der Waals surface area contributed by atoms with Crippen LogP contribution in [0.15, 0.2) is 46.9 Å². The van der Waals surface area contributed by atoms with Gasteiger partial charge in [0.05, 0.1) is 4.83 Å². The Morgan fingerprint density at radius 3 is 2.10 bits per heavy atom. The van der Waals surface area contributed by atoms with Gasteiger partial charge in [-0.15, -0.1) is 0 Å². The van der Waals surface area contributed by atoms with Gasteiger partial charge in [-0.3, -0.25) is 0 Å². The third kappa shape index (κ3) is 3.50. The van der Waals surface area contributed by atoms with Crippen molar-refractivity contribution in [3.05, 3.63) is 69.4 Å². The van der Waals surface area contributed by atoms with E-state index in [1.165, 1.54) is 17.7 Å². The molecular formula is C17H17Br2F. The second-order valence-electron chi connectivity index (χ2n) is 5.90. The van der Waals surface area contributed by atoms with E-state index in [0.717, 1.165) is 15.6 Å². The van der Waals surface area contributed by atoms with Crippen LogP contribution in [0.3, 0.4) is 0 Å². The molecule has 0 bridgehead atoms. The van der Waals surface area contributed by atoms with Crippen LogP contribution in [0.5, 0.6) is 0 Å². The Labute approximate surface area is 136 Å². The molecule has 2 aromatic carbocycles. The highest BCUT2D eigenvalue weighted by Crippen LogP contribution is 2.36. The van der Waals surface area contributed by atoms with Gasteiger partial charge in [-0.2, -0.15) is 0 Å². The maximum atomic E-state index is 13.2. The lowest BCUT2D eigenvalue weighted by Gasteiger charge is -2.20. The third-order valence-electron chi connectivity index (χ3n) is 3.30. The predicted molar refractivity (Wildman–Crippen MR) is 90.0 cm³/mol. The van der Waals surface area contributed by atoms with Gasteiger partial charge >= 0.3 is 0 Å². The highest BCUT2D eigenvalue weighted by molar-refractivity contribution is 9.11. The minimum absolute atomic E-state index is 0.0477. The number of hydrogen-bond donors (Lipinski definition) is 0. The third-order valence-corrected chi connectivity index (χ3v) is 5.01. The molecule has 0 aliphatic carbocycles. The zero-order valence-electron chi connectivity index (χ0n) is 11.8. The zero-order chi connectivity index (χ0) is 14.9. The number of rotatable bonds is 2. The Bertz CT molecular complexity index is 597. The molecule has 3 heteroatoms. The molecule has 20 heavy (non-hydrogen) atoms. The predicted octanol–water partition coefficient (Wildman–Crippen LogP) is 6.37. The van der Waals surface area contributed by atoms with E-state index in [9.17, 15) is 4.39 Å². The molecule has 0 saturated carbocycles.